The third kappa shape index (κ3) is 4.67. The largest absolute Gasteiger partial charge is 0.342 e. The predicted octanol–water partition coefficient (Wildman–Crippen LogP) is 3.88. The third-order valence-electron chi connectivity index (χ3n) is 6.32. The van der Waals surface area contributed by atoms with E-state index in [2.05, 4.69) is 43.0 Å². The standard InChI is InChI=1S/C24H32N4O/c1-17(2)20-8-6-19(7-9-20)14-27-12-10-23-22(15-27)13-25-24(26-23)21-5-4-11-28(16-21)18(3)29/h6-9,13,17,21H,4-5,10-12,14-16H2,1-3H3/t21-/m1/s1. The van der Waals surface area contributed by atoms with Crippen molar-refractivity contribution < 1.29 is 4.79 Å². The highest BCUT2D eigenvalue weighted by Gasteiger charge is 2.26. The number of benzene rings is 1. The fourth-order valence-electron chi connectivity index (χ4n) is 4.46. The lowest BCUT2D eigenvalue weighted by Crippen LogP contribution is -2.38. The van der Waals surface area contributed by atoms with E-state index in [1.54, 1.807) is 6.92 Å². The van der Waals surface area contributed by atoms with Gasteiger partial charge in [-0.1, -0.05) is 38.1 Å². The minimum Gasteiger partial charge on any atom is -0.342 e. The van der Waals surface area contributed by atoms with Gasteiger partial charge in [-0.2, -0.15) is 0 Å². The molecule has 2 aromatic rings. The number of likely N-dealkylation sites (tertiary alicyclic amines) is 1. The Kier molecular flexibility index (Phi) is 5.95. The van der Waals surface area contributed by atoms with Gasteiger partial charge in [0.15, 0.2) is 0 Å². The predicted molar refractivity (Wildman–Crippen MR) is 115 cm³/mol. The minimum atomic E-state index is 0.157. The molecule has 0 bridgehead atoms. The van der Waals surface area contributed by atoms with Crippen LogP contribution in [0.15, 0.2) is 30.5 Å². The van der Waals surface area contributed by atoms with Gasteiger partial charge in [0, 0.05) is 69.4 Å². The lowest BCUT2D eigenvalue weighted by atomic mass is 9.96. The number of aromatic nitrogens is 2. The first-order valence-corrected chi connectivity index (χ1v) is 10.9. The molecule has 154 valence electrons. The van der Waals surface area contributed by atoms with E-state index in [1.165, 1.54) is 22.4 Å². The Balaban J connectivity index is 1.41. The van der Waals surface area contributed by atoms with Crippen molar-refractivity contribution in [3.05, 3.63) is 58.7 Å². The van der Waals surface area contributed by atoms with E-state index < -0.39 is 0 Å². The molecule has 0 saturated carbocycles. The van der Waals surface area contributed by atoms with Crippen molar-refractivity contribution in [3.63, 3.8) is 0 Å². The molecule has 3 heterocycles. The highest BCUT2D eigenvalue weighted by Crippen LogP contribution is 2.27. The minimum absolute atomic E-state index is 0.157. The fraction of sp³-hybridized carbons (Fsp3) is 0.542. The molecule has 1 atom stereocenters. The number of rotatable bonds is 4. The third-order valence-corrected chi connectivity index (χ3v) is 6.32. The number of amides is 1. The molecule has 0 N–H and O–H groups in total. The van der Waals surface area contributed by atoms with E-state index in [1.807, 2.05) is 11.1 Å². The Morgan fingerprint density at radius 1 is 1.21 bits per heavy atom. The molecule has 29 heavy (non-hydrogen) atoms. The molecule has 0 spiro atoms. The summed E-state index contributed by atoms with van der Waals surface area (Å²) in [7, 11) is 0. The van der Waals surface area contributed by atoms with Crippen LogP contribution in [-0.2, 0) is 24.3 Å². The molecule has 2 aliphatic rings. The second-order valence-electron chi connectivity index (χ2n) is 8.86. The summed E-state index contributed by atoms with van der Waals surface area (Å²) >= 11 is 0. The van der Waals surface area contributed by atoms with E-state index in [-0.39, 0.29) is 11.8 Å². The molecule has 1 aromatic carbocycles. The van der Waals surface area contributed by atoms with Gasteiger partial charge in [-0.15, -0.1) is 0 Å². The number of hydrogen-bond acceptors (Lipinski definition) is 4. The van der Waals surface area contributed by atoms with E-state index >= 15 is 0 Å². The Morgan fingerprint density at radius 2 is 2.00 bits per heavy atom. The van der Waals surface area contributed by atoms with Crippen molar-refractivity contribution in [3.8, 4) is 0 Å². The van der Waals surface area contributed by atoms with Gasteiger partial charge >= 0.3 is 0 Å². The second-order valence-corrected chi connectivity index (χ2v) is 8.86. The molecule has 4 rings (SSSR count). The maximum Gasteiger partial charge on any atom is 0.219 e. The summed E-state index contributed by atoms with van der Waals surface area (Å²) in [5.41, 5.74) is 5.20. The fourth-order valence-corrected chi connectivity index (χ4v) is 4.46. The molecule has 0 radical (unpaired) electrons. The lowest BCUT2D eigenvalue weighted by Gasteiger charge is -2.32. The van der Waals surface area contributed by atoms with Crippen LogP contribution in [0.3, 0.4) is 0 Å². The van der Waals surface area contributed by atoms with E-state index in [4.69, 9.17) is 9.97 Å². The summed E-state index contributed by atoms with van der Waals surface area (Å²) < 4.78 is 0. The first kappa shape index (κ1) is 20.0. The second kappa shape index (κ2) is 8.62. The van der Waals surface area contributed by atoms with E-state index in [0.717, 1.165) is 57.8 Å². The molecule has 5 nitrogen and oxygen atoms in total. The number of carbonyl (C=O) groups excluding carboxylic acids is 1. The molecule has 0 unspecified atom stereocenters. The summed E-state index contributed by atoms with van der Waals surface area (Å²) in [6.45, 7) is 10.6. The van der Waals surface area contributed by atoms with Crippen molar-refractivity contribution >= 4 is 5.91 Å². The van der Waals surface area contributed by atoms with E-state index in [9.17, 15) is 4.79 Å². The van der Waals surface area contributed by atoms with Crippen molar-refractivity contribution in [1.29, 1.82) is 0 Å². The molecule has 1 saturated heterocycles. The summed E-state index contributed by atoms with van der Waals surface area (Å²) in [6.07, 6.45) is 5.10. The maximum absolute atomic E-state index is 11.7. The molecule has 5 heteroatoms. The van der Waals surface area contributed by atoms with Crippen LogP contribution >= 0.6 is 0 Å². The van der Waals surface area contributed by atoms with Gasteiger partial charge in [0.05, 0.1) is 0 Å². The zero-order valence-electron chi connectivity index (χ0n) is 17.9. The van der Waals surface area contributed by atoms with Gasteiger partial charge in [-0.05, 0) is 29.9 Å². The smallest absolute Gasteiger partial charge is 0.219 e. The molecule has 1 aromatic heterocycles. The molecule has 1 amide bonds. The lowest BCUT2D eigenvalue weighted by molar-refractivity contribution is -0.130. The maximum atomic E-state index is 11.7. The van der Waals surface area contributed by atoms with Crippen LogP contribution in [-0.4, -0.2) is 45.3 Å². The topological polar surface area (TPSA) is 49.3 Å². The zero-order chi connectivity index (χ0) is 20.4. The average molecular weight is 393 g/mol. The summed E-state index contributed by atoms with van der Waals surface area (Å²) in [5, 5.41) is 0. The van der Waals surface area contributed by atoms with Crippen molar-refractivity contribution in [2.24, 2.45) is 0 Å². The SMILES string of the molecule is CC(=O)N1CCC[C@@H](c2ncc3c(n2)CCN(Cc2ccc(C(C)C)cc2)C3)C1. The molecular formula is C24H32N4O. The number of fused-ring (bicyclic) bond motifs is 1. The first-order valence-electron chi connectivity index (χ1n) is 10.9. The van der Waals surface area contributed by atoms with Gasteiger partial charge in [-0.3, -0.25) is 9.69 Å². The normalized spacial score (nSPS) is 20.0. The van der Waals surface area contributed by atoms with Gasteiger partial charge in [0.25, 0.3) is 0 Å². The molecule has 0 aliphatic carbocycles. The monoisotopic (exact) mass is 392 g/mol. The van der Waals surface area contributed by atoms with Crippen molar-refractivity contribution in [1.82, 2.24) is 19.8 Å². The Hall–Kier alpha value is -2.27. The summed E-state index contributed by atoms with van der Waals surface area (Å²) in [5.74, 6) is 1.93. The van der Waals surface area contributed by atoms with Crippen LogP contribution in [0.2, 0.25) is 0 Å². The van der Waals surface area contributed by atoms with Crippen molar-refractivity contribution in [2.75, 3.05) is 19.6 Å². The van der Waals surface area contributed by atoms with Crippen molar-refractivity contribution in [2.45, 2.75) is 65.0 Å². The van der Waals surface area contributed by atoms with E-state index in [0.29, 0.717) is 5.92 Å². The van der Waals surface area contributed by atoms with Gasteiger partial charge in [0.2, 0.25) is 5.91 Å². The number of nitrogens with zero attached hydrogens (tertiary/aromatic N) is 4. The average Bonchev–Trinajstić information content (AvgIpc) is 2.74. The highest BCUT2D eigenvalue weighted by atomic mass is 16.2. The van der Waals surface area contributed by atoms with Gasteiger partial charge in [0.1, 0.15) is 5.82 Å². The number of hydrogen-bond donors (Lipinski definition) is 0. The zero-order valence-corrected chi connectivity index (χ0v) is 17.9. The molecule has 1 fully saturated rings. The Morgan fingerprint density at radius 3 is 2.72 bits per heavy atom. The Bertz CT molecular complexity index is 862. The van der Waals surface area contributed by atoms with Gasteiger partial charge in [-0.25, -0.2) is 9.97 Å². The first-order chi connectivity index (χ1) is 14.0. The highest BCUT2D eigenvalue weighted by molar-refractivity contribution is 5.73. The quantitative estimate of drug-likeness (QED) is 0.792. The van der Waals surface area contributed by atoms with Crippen LogP contribution < -0.4 is 0 Å². The van der Waals surface area contributed by atoms with Crippen LogP contribution in [0.5, 0.6) is 0 Å². The number of carbonyl (C=O) groups is 1. The Labute approximate surface area is 174 Å². The summed E-state index contributed by atoms with van der Waals surface area (Å²) in [6, 6.07) is 9.02. The number of piperidine rings is 1. The van der Waals surface area contributed by atoms with Crippen LogP contribution in [0.25, 0.3) is 0 Å². The summed E-state index contributed by atoms with van der Waals surface area (Å²) in [4.78, 5) is 25.8. The molecular weight excluding hydrogens is 360 g/mol. The van der Waals surface area contributed by atoms with Crippen LogP contribution in [0.4, 0.5) is 0 Å². The molecule has 2 aliphatic heterocycles. The van der Waals surface area contributed by atoms with Crippen LogP contribution in [0.1, 0.15) is 73.7 Å². The van der Waals surface area contributed by atoms with Crippen LogP contribution in [0, 0.1) is 0 Å². The van der Waals surface area contributed by atoms with Gasteiger partial charge < -0.3 is 4.90 Å².